The van der Waals surface area contributed by atoms with E-state index in [0.717, 1.165) is 6.07 Å². The van der Waals surface area contributed by atoms with Crippen molar-refractivity contribution < 1.29 is 14.0 Å². The van der Waals surface area contributed by atoms with Gasteiger partial charge >= 0.3 is 0 Å². The van der Waals surface area contributed by atoms with Gasteiger partial charge in [-0.2, -0.15) is 4.39 Å². The molecule has 0 bridgehead atoms. The molecular formula is C12H16FN3O2. The van der Waals surface area contributed by atoms with E-state index in [4.69, 9.17) is 0 Å². The highest BCUT2D eigenvalue weighted by Crippen LogP contribution is 1.97. The van der Waals surface area contributed by atoms with E-state index >= 15 is 0 Å². The number of rotatable bonds is 5. The van der Waals surface area contributed by atoms with Gasteiger partial charge in [0, 0.05) is 13.1 Å². The molecule has 0 saturated carbocycles. The van der Waals surface area contributed by atoms with Crippen molar-refractivity contribution in [3.8, 4) is 0 Å². The molecule has 0 spiro atoms. The fourth-order valence-electron chi connectivity index (χ4n) is 1.47. The molecule has 1 N–H and O–H groups in total. The molecule has 0 aliphatic rings. The van der Waals surface area contributed by atoms with Gasteiger partial charge < -0.3 is 10.2 Å². The van der Waals surface area contributed by atoms with E-state index in [0.29, 0.717) is 13.1 Å². The van der Waals surface area contributed by atoms with E-state index in [9.17, 15) is 14.0 Å². The number of carbonyl (C=O) groups is 2. The summed E-state index contributed by atoms with van der Waals surface area (Å²) in [5.41, 5.74) is -0.0395. The minimum atomic E-state index is -0.724. The SMILES string of the molecule is CCN(CC)C(=O)CNC(=O)c1cccc(F)n1. The first-order chi connectivity index (χ1) is 8.58. The molecule has 0 unspecified atom stereocenters. The summed E-state index contributed by atoms with van der Waals surface area (Å²) < 4.78 is 12.8. The van der Waals surface area contributed by atoms with Crippen molar-refractivity contribution in [1.29, 1.82) is 0 Å². The molecular weight excluding hydrogens is 237 g/mol. The quantitative estimate of drug-likeness (QED) is 0.790. The van der Waals surface area contributed by atoms with Crippen LogP contribution in [0.15, 0.2) is 18.2 Å². The zero-order valence-corrected chi connectivity index (χ0v) is 10.4. The molecule has 18 heavy (non-hydrogen) atoms. The summed E-state index contributed by atoms with van der Waals surface area (Å²) in [5, 5.41) is 2.42. The summed E-state index contributed by atoms with van der Waals surface area (Å²) in [7, 11) is 0. The highest BCUT2D eigenvalue weighted by atomic mass is 19.1. The molecule has 0 saturated heterocycles. The van der Waals surface area contributed by atoms with Gasteiger partial charge in [0.1, 0.15) is 5.69 Å². The molecule has 2 amide bonds. The Morgan fingerprint density at radius 1 is 1.33 bits per heavy atom. The van der Waals surface area contributed by atoms with Gasteiger partial charge in [-0.15, -0.1) is 0 Å². The van der Waals surface area contributed by atoms with Crippen LogP contribution >= 0.6 is 0 Å². The molecule has 5 nitrogen and oxygen atoms in total. The number of hydrogen-bond donors (Lipinski definition) is 1. The summed E-state index contributed by atoms with van der Waals surface area (Å²) in [6.07, 6.45) is 0. The Balaban J connectivity index is 2.54. The lowest BCUT2D eigenvalue weighted by Gasteiger charge is -2.18. The molecule has 1 heterocycles. The Labute approximate surface area is 105 Å². The lowest BCUT2D eigenvalue weighted by Crippen LogP contribution is -2.40. The van der Waals surface area contributed by atoms with Crippen LogP contribution in [0.3, 0.4) is 0 Å². The Bertz CT molecular complexity index is 433. The first-order valence-electron chi connectivity index (χ1n) is 5.77. The number of aromatic nitrogens is 1. The Morgan fingerprint density at radius 3 is 2.56 bits per heavy atom. The maximum absolute atomic E-state index is 12.8. The summed E-state index contributed by atoms with van der Waals surface area (Å²) in [4.78, 5) is 28.2. The lowest BCUT2D eigenvalue weighted by atomic mass is 10.3. The minimum Gasteiger partial charge on any atom is -0.342 e. The molecule has 1 rings (SSSR count). The molecule has 98 valence electrons. The summed E-state index contributed by atoms with van der Waals surface area (Å²) >= 11 is 0. The van der Waals surface area contributed by atoms with E-state index in [2.05, 4.69) is 10.3 Å². The fraction of sp³-hybridized carbons (Fsp3) is 0.417. The monoisotopic (exact) mass is 253 g/mol. The zero-order chi connectivity index (χ0) is 13.5. The third-order valence-corrected chi connectivity index (χ3v) is 2.46. The molecule has 6 heteroatoms. The van der Waals surface area contributed by atoms with Crippen molar-refractivity contribution in [2.75, 3.05) is 19.6 Å². The van der Waals surface area contributed by atoms with Crippen molar-refractivity contribution in [3.63, 3.8) is 0 Å². The van der Waals surface area contributed by atoms with Crippen molar-refractivity contribution in [2.45, 2.75) is 13.8 Å². The number of carbonyl (C=O) groups excluding carboxylic acids is 2. The van der Waals surface area contributed by atoms with Crippen LogP contribution in [-0.2, 0) is 4.79 Å². The molecule has 0 aliphatic heterocycles. The van der Waals surface area contributed by atoms with Crippen LogP contribution < -0.4 is 5.32 Å². The lowest BCUT2D eigenvalue weighted by molar-refractivity contribution is -0.129. The number of pyridine rings is 1. The van der Waals surface area contributed by atoms with Crippen LogP contribution in [0, 0.1) is 5.95 Å². The van der Waals surface area contributed by atoms with Gasteiger partial charge in [-0.1, -0.05) is 6.07 Å². The molecule has 0 aliphatic carbocycles. The van der Waals surface area contributed by atoms with Gasteiger partial charge in [0.15, 0.2) is 0 Å². The molecule has 0 aromatic carbocycles. The largest absolute Gasteiger partial charge is 0.342 e. The van der Waals surface area contributed by atoms with Crippen LogP contribution in [0.4, 0.5) is 4.39 Å². The van der Waals surface area contributed by atoms with Gasteiger partial charge in [0.25, 0.3) is 5.91 Å². The zero-order valence-electron chi connectivity index (χ0n) is 10.4. The maximum atomic E-state index is 12.8. The van der Waals surface area contributed by atoms with Gasteiger partial charge in [0.2, 0.25) is 11.9 Å². The van der Waals surface area contributed by atoms with E-state index in [1.165, 1.54) is 12.1 Å². The second-order valence-corrected chi connectivity index (χ2v) is 3.59. The summed E-state index contributed by atoms with van der Waals surface area (Å²) in [5.74, 6) is -1.46. The topological polar surface area (TPSA) is 62.3 Å². The predicted octanol–water partition coefficient (Wildman–Crippen LogP) is 0.819. The van der Waals surface area contributed by atoms with Crippen molar-refractivity contribution >= 4 is 11.8 Å². The number of hydrogen-bond acceptors (Lipinski definition) is 3. The first kappa shape index (κ1) is 14.1. The molecule has 0 radical (unpaired) electrons. The number of nitrogens with zero attached hydrogens (tertiary/aromatic N) is 2. The average Bonchev–Trinajstić information content (AvgIpc) is 2.37. The third-order valence-electron chi connectivity index (χ3n) is 2.46. The second kappa shape index (κ2) is 6.68. The Hall–Kier alpha value is -1.98. The maximum Gasteiger partial charge on any atom is 0.270 e. The molecule has 0 fully saturated rings. The van der Waals surface area contributed by atoms with Crippen LogP contribution in [0.5, 0.6) is 0 Å². The van der Waals surface area contributed by atoms with E-state index in [1.54, 1.807) is 4.90 Å². The molecule has 1 aromatic rings. The second-order valence-electron chi connectivity index (χ2n) is 3.59. The Morgan fingerprint density at radius 2 is 2.00 bits per heavy atom. The van der Waals surface area contributed by atoms with Gasteiger partial charge in [-0.3, -0.25) is 9.59 Å². The predicted molar refractivity (Wildman–Crippen MR) is 64.5 cm³/mol. The highest BCUT2D eigenvalue weighted by molar-refractivity contribution is 5.94. The standard InChI is InChI=1S/C12H16FN3O2/c1-3-16(4-2)11(17)8-14-12(18)9-6-5-7-10(13)15-9/h5-7H,3-4,8H2,1-2H3,(H,14,18). The van der Waals surface area contributed by atoms with Crippen LogP contribution in [0.2, 0.25) is 0 Å². The fourth-order valence-corrected chi connectivity index (χ4v) is 1.47. The summed E-state index contributed by atoms with van der Waals surface area (Å²) in [6.45, 7) is 4.78. The van der Waals surface area contributed by atoms with Crippen LogP contribution in [0.1, 0.15) is 24.3 Å². The first-order valence-corrected chi connectivity index (χ1v) is 5.77. The number of amides is 2. The van der Waals surface area contributed by atoms with E-state index in [1.807, 2.05) is 13.8 Å². The third kappa shape index (κ3) is 3.80. The van der Waals surface area contributed by atoms with Crippen molar-refractivity contribution in [3.05, 3.63) is 29.8 Å². The van der Waals surface area contributed by atoms with Crippen LogP contribution in [-0.4, -0.2) is 41.3 Å². The number of likely N-dealkylation sites (N-methyl/N-ethyl adjacent to an activating group) is 1. The summed E-state index contributed by atoms with van der Waals surface area (Å²) in [6, 6.07) is 3.93. The average molecular weight is 253 g/mol. The smallest absolute Gasteiger partial charge is 0.270 e. The van der Waals surface area contributed by atoms with Crippen LogP contribution in [0.25, 0.3) is 0 Å². The normalized spacial score (nSPS) is 9.94. The molecule has 1 aromatic heterocycles. The van der Waals surface area contributed by atoms with Crippen molar-refractivity contribution in [1.82, 2.24) is 15.2 Å². The Kier molecular flexibility index (Phi) is 5.23. The van der Waals surface area contributed by atoms with E-state index in [-0.39, 0.29) is 18.1 Å². The highest BCUT2D eigenvalue weighted by Gasteiger charge is 2.13. The van der Waals surface area contributed by atoms with Gasteiger partial charge in [-0.25, -0.2) is 4.98 Å². The van der Waals surface area contributed by atoms with Gasteiger partial charge in [0.05, 0.1) is 6.54 Å². The van der Waals surface area contributed by atoms with Gasteiger partial charge in [-0.05, 0) is 26.0 Å². The van der Waals surface area contributed by atoms with Crippen molar-refractivity contribution in [2.24, 2.45) is 0 Å². The number of halogens is 1. The molecule has 0 atom stereocenters. The van der Waals surface area contributed by atoms with E-state index < -0.39 is 11.9 Å². The minimum absolute atomic E-state index is 0.0395. The number of nitrogens with one attached hydrogen (secondary N) is 1.